The summed E-state index contributed by atoms with van der Waals surface area (Å²) < 4.78 is 0. The van der Waals surface area contributed by atoms with Crippen LogP contribution in [0, 0.1) is 5.92 Å². The van der Waals surface area contributed by atoms with E-state index in [2.05, 4.69) is 22.1 Å². The van der Waals surface area contributed by atoms with Gasteiger partial charge in [0.25, 0.3) is 0 Å². The van der Waals surface area contributed by atoms with E-state index in [0.717, 1.165) is 37.4 Å². The lowest BCUT2D eigenvalue weighted by Gasteiger charge is -2.16. The maximum absolute atomic E-state index is 11.2. The second-order valence-electron chi connectivity index (χ2n) is 5.17. The van der Waals surface area contributed by atoms with Gasteiger partial charge in [-0.15, -0.1) is 0 Å². The molecule has 0 radical (unpaired) electrons. The summed E-state index contributed by atoms with van der Waals surface area (Å²) in [4.78, 5) is 17.9. The molecule has 2 rings (SSSR count). The van der Waals surface area contributed by atoms with Gasteiger partial charge in [0, 0.05) is 19.6 Å². The summed E-state index contributed by atoms with van der Waals surface area (Å²) in [5, 5.41) is 3.91. The zero-order valence-electron chi connectivity index (χ0n) is 11.7. The number of carbonyl (C=O) groups is 1. The number of primary amides is 1. The molecule has 1 aliphatic rings. The van der Waals surface area contributed by atoms with Crippen molar-refractivity contribution in [2.24, 2.45) is 11.7 Å². The van der Waals surface area contributed by atoms with Crippen LogP contribution < -0.4 is 11.1 Å². The molecular weight excluding hydrogens is 276 g/mol. The SMILES string of the molecule is CCCNc1ccc(Cl)c(CN2CCC(C(N)=O)C2)n1. The lowest BCUT2D eigenvalue weighted by Crippen LogP contribution is -2.27. The largest absolute Gasteiger partial charge is 0.370 e. The van der Waals surface area contributed by atoms with E-state index in [0.29, 0.717) is 18.1 Å². The maximum atomic E-state index is 11.2. The number of amides is 1. The zero-order chi connectivity index (χ0) is 14.5. The molecule has 1 amide bonds. The molecule has 1 aromatic heterocycles. The van der Waals surface area contributed by atoms with Gasteiger partial charge >= 0.3 is 0 Å². The molecule has 1 aromatic rings. The number of carbonyl (C=O) groups excluding carboxylic acids is 1. The first-order valence-corrected chi connectivity index (χ1v) is 7.39. The van der Waals surface area contributed by atoms with Crippen LogP contribution in [0.1, 0.15) is 25.5 Å². The summed E-state index contributed by atoms with van der Waals surface area (Å²) in [5.74, 6) is 0.581. The fraction of sp³-hybridized carbons (Fsp3) is 0.571. The van der Waals surface area contributed by atoms with Gasteiger partial charge in [0.05, 0.1) is 16.6 Å². The van der Waals surface area contributed by atoms with E-state index in [1.807, 2.05) is 12.1 Å². The van der Waals surface area contributed by atoms with Crippen LogP contribution in [-0.2, 0) is 11.3 Å². The highest BCUT2D eigenvalue weighted by Gasteiger charge is 2.27. The maximum Gasteiger partial charge on any atom is 0.221 e. The summed E-state index contributed by atoms with van der Waals surface area (Å²) in [6.45, 7) is 5.21. The minimum absolute atomic E-state index is 0.0461. The van der Waals surface area contributed by atoms with E-state index in [-0.39, 0.29) is 11.8 Å². The Labute approximate surface area is 124 Å². The standard InChI is InChI=1S/C14H21ClN4O/c1-2-6-17-13-4-3-11(15)12(18-13)9-19-7-5-10(8-19)14(16)20/h3-4,10H,2,5-9H2,1H3,(H2,16,20)(H,17,18). The van der Waals surface area contributed by atoms with Gasteiger partial charge in [0.15, 0.2) is 0 Å². The summed E-state index contributed by atoms with van der Waals surface area (Å²) in [6.07, 6.45) is 1.87. The van der Waals surface area contributed by atoms with Gasteiger partial charge in [-0.1, -0.05) is 18.5 Å². The highest BCUT2D eigenvalue weighted by atomic mass is 35.5. The molecule has 1 saturated heterocycles. The number of halogens is 1. The lowest BCUT2D eigenvalue weighted by molar-refractivity contribution is -0.121. The van der Waals surface area contributed by atoms with E-state index in [9.17, 15) is 4.79 Å². The van der Waals surface area contributed by atoms with E-state index in [1.165, 1.54) is 0 Å². The van der Waals surface area contributed by atoms with Crippen molar-refractivity contribution in [3.63, 3.8) is 0 Å². The Hall–Kier alpha value is -1.33. The van der Waals surface area contributed by atoms with Crippen LogP contribution >= 0.6 is 11.6 Å². The third kappa shape index (κ3) is 3.84. The number of nitrogens with one attached hydrogen (secondary N) is 1. The van der Waals surface area contributed by atoms with Gasteiger partial charge in [-0.2, -0.15) is 0 Å². The number of likely N-dealkylation sites (tertiary alicyclic amines) is 1. The number of hydrogen-bond donors (Lipinski definition) is 2. The number of rotatable bonds is 6. The van der Waals surface area contributed by atoms with Gasteiger partial charge in [0.2, 0.25) is 5.91 Å². The Balaban J connectivity index is 2.00. The van der Waals surface area contributed by atoms with Gasteiger partial charge in [0.1, 0.15) is 5.82 Å². The van der Waals surface area contributed by atoms with Crippen LogP contribution in [0.5, 0.6) is 0 Å². The first kappa shape index (κ1) is 15.1. The molecule has 0 spiro atoms. The molecule has 6 heteroatoms. The van der Waals surface area contributed by atoms with Crippen LogP contribution in [0.2, 0.25) is 5.02 Å². The van der Waals surface area contributed by atoms with Crippen molar-refractivity contribution in [3.05, 3.63) is 22.8 Å². The number of pyridine rings is 1. The molecule has 0 aliphatic carbocycles. The molecule has 1 unspecified atom stereocenters. The molecule has 1 aliphatic heterocycles. The van der Waals surface area contributed by atoms with Gasteiger partial charge in [-0.05, 0) is 31.5 Å². The molecule has 5 nitrogen and oxygen atoms in total. The molecule has 0 bridgehead atoms. The highest BCUT2D eigenvalue weighted by Crippen LogP contribution is 2.22. The minimum atomic E-state index is -0.218. The molecule has 20 heavy (non-hydrogen) atoms. The normalized spacial score (nSPS) is 19.2. The summed E-state index contributed by atoms with van der Waals surface area (Å²) in [5.41, 5.74) is 6.19. The third-order valence-electron chi connectivity index (χ3n) is 3.52. The minimum Gasteiger partial charge on any atom is -0.370 e. The van der Waals surface area contributed by atoms with E-state index < -0.39 is 0 Å². The fourth-order valence-corrected chi connectivity index (χ4v) is 2.53. The van der Waals surface area contributed by atoms with Crippen molar-refractivity contribution in [2.75, 3.05) is 25.0 Å². The smallest absolute Gasteiger partial charge is 0.221 e. The van der Waals surface area contributed by atoms with Crippen LogP contribution in [0.15, 0.2) is 12.1 Å². The van der Waals surface area contributed by atoms with Crippen molar-refractivity contribution < 1.29 is 4.79 Å². The first-order valence-electron chi connectivity index (χ1n) is 7.01. The van der Waals surface area contributed by atoms with Crippen molar-refractivity contribution >= 4 is 23.3 Å². The molecule has 1 atom stereocenters. The average molecular weight is 297 g/mol. The van der Waals surface area contributed by atoms with E-state index >= 15 is 0 Å². The molecule has 3 N–H and O–H groups in total. The van der Waals surface area contributed by atoms with E-state index in [4.69, 9.17) is 17.3 Å². The van der Waals surface area contributed by atoms with Crippen LogP contribution in [0.25, 0.3) is 0 Å². The Morgan fingerprint density at radius 1 is 1.60 bits per heavy atom. The van der Waals surface area contributed by atoms with Crippen molar-refractivity contribution in [1.82, 2.24) is 9.88 Å². The Morgan fingerprint density at radius 2 is 2.40 bits per heavy atom. The second kappa shape index (κ2) is 6.90. The number of nitrogens with zero attached hydrogens (tertiary/aromatic N) is 2. The summed E-state index contributed by atoms with van der Waals surface area (Å²) >= 11 is 6.20. The van der Waals surface area contributed by atoms with Gasteiger partial charge < -0.3 is 11.1 Å². The highest BCUT2D eigenvalue weighted by molar-refractivity contribution is 6.31. The average Bonchev–Trinajstić information content (AvgIpc) is 2.88. The second-order valence-corrected chi connectivity index (χ2v) is 5.58. The van der Waals surface area contributed by atoms with Gasteiger partial charge in [-0.3, -0.25) is 9.69 Å². The topological polar surface area (TPSA) is 71.2 Å². The van der Waals surface area contributed by atoms with Crippen molar-refractivity contribution in [3.8, 4) is 0 Å². The number of anilines is 1. The van der Waals surface area contributed by atoms with E-state index in [1.54, 1.807) is 0 Å². The van der Waals surface area contributed by atoms with Gasteiger partial charge in [-0.25, -0.2) is 4.98 Å². The van der Waals surface area contributed by atoms with Crippen LogP contribution in [0.3, 0.4) is 0 Å². The Bertz CT molecular complexity index is 480. The predicted molar refractivity (Wildman–Crippen MR) is 80.6 cm³/mol. The van der Waals surface area contributed by atoms with Crippen molar-refractivity contribution in [2.45, 2.75) is 26.3 Å². The molecule has 2 heterocycles. The van der Waals surface area contributed by atoms with Crippen molar-refractivity contribution in [1.29, 1.82) is 0 Å². The van der Waals surface area contributed by atoms with Crippen LogP contribution in [-0.4, -0.2) is 35.4 Å². The molecule has 110 valence electrons. The first-order chi connectivity index (χ1) is 9.60. The zero-order valence-corrected chi connectivity index (χ0v) is 12.5. The summed E-state index contributed by atoms with van der Waals surface area (Å²) in [6, 6.07) is 3.75. The fourth-order valence-electron chi connectivity index (χ4n) is 2.37. The van der Waals surface area contributed by atoms with Crippen LogP contribution in [0.4, 0.5) is 5.82 Å². The lowest BCUT2D eigenvalue weighted by atomic mass is 10.1. The number of aromatic nitrogens is 1. The summed E-state index contributed by atoms with van der Waals surface area (Å²) in [7, 11) is 0. The Kier molecular flexibility index (Phi) is 5.20. The molecule has 0 aromatic carbocycles. The quantitative estimate of drug-likeness (QED) is 0.840. The number of hydrogen-bond acceptors (Lipinski definition) is 4. The predicted octanol–water partition coefficient (Wildman–Crippen LogP) is 1.86. The molecule has 0 saturated carbocycles. The monoisotopic (exact) mass is 296 g/mol. The molecule has 1 fully saturated rings. The number of nitrogens with two attached hydrogens (primary N) is 1. The Morgan fingerprint density at radius 3 is 3.05 bits per heavy atom. The third-order valence-corrected chi connectivity index (χ3v) is 3.87. The molecular formula is C14H21ClN4O.